The molecule has 1 fully saturated rings. The predicted molar refractivity (Wildman–Crippen MR) is 115 cm³/mol. The Balaban J connectivity index is 1.21. The number of hydrogen-bond donors (Lipinski definition) is 3. The van der Waals surface area contributed by atoms with E-state index in [9.17, 15) is 9.59 Å². The minimum absolute atomic E-state index is 0.0180. The van der Waals surface area contributed by atoms with Crippen molar-refractivity contribution in [2.45, 2.75) is 58.3 Å². The number of carbonyl (C=O) groups is 2. The second kappa shape index (κ2) is 9.09. The fourth-order valence-corrected chi connectivity index (χ4v) is 5.49. The highest BCUT2D eigenvalue weighted by Crippen LogP contribution is 2.33. The molecular formula is C23H29N3O2S. The van der Waals surface area contributed by atoms with E-state index in [2.05, 4.69) is 46.3 Å². The smallest absolute Gasteiger partial charge is 0.242 e. The van der Waals surface area contributed by atoms with Crippen molar-refractivity contribution in [3.8, 4) is 0 Å². The summed E-state index contributed by atoms with van der Waals surface area (Å²) in [7, 11) is 0. The molecule has 1 aromatic carbocycles. The molecule has 3 N–H and O–H groups in total. The van der Waals surface area contributed by atoms with Crippen LogP contribution in [-0.2, 0) is 35.6 Å². The molecular weight excluding hydrogens is 382 g/mol. The average Bonchev–Trinajstić information content (AvgIpc) is 3.43. The molecule has 2 heterocycles. The predicted octanol–water partition coefficient (Wildman–Crippen LogP) is 3.13. The molecule has 4 rings (SSSR count). The third-order valence-corrected chi connectivity index (χ3v) is 7.19. The van der Waals surface area contributed by atoms with E-state index in [1.165, 1.54) is 20.9 Å². The molecule has 0 saturated heterocycles. The van der Waals surface area contributed by atoms with Crippen molar-refractivity contribution >= 4 is 23.2 Å². The zero-order valence-electron chi connectivity index (χ0n) is 16.9. The Morgan fingerprint density at radius 2 is 2.03 bits per heavy atom. The minimum Gasteiger partial charge on any atom is -0.349 e. The Morgan fingerprint density at radius 1 is 1.21 bits per heavy atom. The molecule has 2 amide bonds. The van der Waals surface area contributed by atoms with E-state index in [1.54, 1.807) is 18.3 Å². The highest BCUT2D eigenvalue weighted by Gasteiger charge is 2.31. The Bertz CT molecular complexity index is 843. The average molecular weight is 412 g/mol. The molecule has 2 aromatic rings. The van der Waals surface area contributed by atoms with Crippen LogP contribution in [0.15, 0.2) is 36.4 Å². The van der Waals surface area contributed by atoms with Crippen LogP contribution in [0.5, 0.6) is 0 Å². The maximum atomic E-state index is 12.6. The maximum absolute atomic E-state index is 12.6. The van der Waals surface area contributed by atoms with Gasteiger partial charge in [-0.15, -0.1) is 11.3 Å². The summed E-state index contributed by atoms with van der Waals surface area (Å²) in [4.78, 5) is 27.6. The van der Waals surface area contributed by atoms with Crippen LogP contribution in [0.3, 0.4) is 0 Å². The van der Waals surface area contributed by atoms with Crippen LogP contribution in [0, 0.1) is 11.8 Å². The zero-order valence-corrected chi connectivity index (χ0v) is 17.7. The molecule has 0 spiro atoms. The van der Waals surface area contributed by atoms with Gasteiger partial charge in [0.2, 0.25) is 11.8 Å². The second-order valence-corrected chi connectivity index (χ2v) is 9.50. The molecule has 1 aromatic heterocycles. The lowest BCUT2D eigenvalue weighted by Gasteiger charge is -2.17. The lowest BCUT2D eigenvalue weighted by Crippen LogP contribution is -2.46. The van der Waals surface area contributed by atoms with Crippen LogP contribution < -0.4 is 16.0 Å². The molecule has 3 atom stereocenters. The van der Waals surface area contributed by atoms with Crippen LogP contribution in [0.2, 0.25) is 0 Å². The normalized spacial score (nSPS) is 21.6. The standard InChI is InChI=1S/C23H29N3O2S/c1-15(22(27)25-13-20-11-19-12-24-14-21(19)29-20)26-23(28)18-8-7-17(10-18)9-16-5-3-2-4-6-16/h2-6,11,15,17-18,24H,7-10,12-14H2,1H3,(H,25,27)(H,26,28)/t15-,17-,18+/m0/s1. The summed E-state index contributed by atoms with van der Waals surface area (Å²) in [6.45, 7) is 4.13. The lowest BCUT2D eigenvalue weighted by atomic mass is 9.96. The largest absolute Gasteiger partial charge is 0.349 e. The van der Waals surface area contributed by atoms with Crippen molar-refractivity contribution in [1.82, 2.24) is 16.0 Å². The first-order valence-corrected chi connectivity index (χ1v) is 11.3. The van der Waals surface area contributed by atoms with Gasteiger partial charge in [0.15, 0.2) is 0 Å². The van der Waals surface area contributed by atoms with Gasteiger partial charge >= 0.3 is 0 Å². The summed E-state index contributed by atoms with van der Waals surface area (Å²) in [5.74, 6) is 0.465. The quantitative estimate of drug-likeness (QED) is 0.656. The van der Waals surface area contributed by atoms with Crippen LogP contribution >= 0.6 is 11.3 Å². The zero-order chi connectivity index (χ0) is 20.2. The fourth-order valence-electron chi connectivity index (χ4n) is 4.40. The van der Waals surface area contributed by atoms with E-state index in [-0.39, 0.29) is 17.7 Å². The Kier molecular flexibility index (Phi) is 6.31. The fraction of sp³-hybridized carbons (Fsp3) is 0.478. The van der Waals surface area contributed by atoms with Crippen molar-refractivity contribution < 1.29 is 9.59 Å². The summed E-state index contributed by atoms with van der Waals surface area (Å²) in [5.41, 5.74) is 2.67. The second-order valence-electron chi connectivity index (χ2n) is 8.28. The molecule has 2 aliphatic rings. The molecule has 0 radical (unpaired) electrons. The number of thiophene rings is 1. The van der Waals surface area contributed by atoms with Gasteiger partial charge in [0.05, 0.1) is 6.54 Å². The van der Waals surface area contributed by atoms with Crippen molar-refractivity contribution in [3.63, 3.8) is 0 Å². The molecule has 29 heavy (non-hydrogen) atoms. The summed E-state index contributed by atoms with van der Waals surface area (Å²) in [6.07, 6.45) is 3.92. The minimum atomic E-state index is -0.510. The van der Waals surface area contributed by atoms with E-state index in [1.807, 2.05) is 6.07 Å². The monoisotopic (exact) mass is 411 g/mol. The lowest BCUT2D eigenvalue weighted by molar-refractivity contribution is -0.130. The molecule has 1 aliphatic carbocycles. The Morgan fingerprint density at radius 3 is 2.83 bits per heavy atom. The number of hydrogen-bond acceptors (Lipinski definition) is 4. The van der Waals surface area contributed by atoms with E-state index >= 15 is 0 Å². The summed E-state index contributed by atoms with van der Waals surface area (Å²) >= 11 is 1.75. The van der Waals surface area contributed by atoms with Crippen molar-refractivity contribution in [1.29, 1.82) is 0 Å². The Labute approximate surface area is 176 Å². The SMILES string of the molecule is C[C@H](NC(=O)[C@@H]1CC[C@@H](Cc2ccccc2)C1)C(=O)NCc1cc2c(s1)CNC2. The number of nitrogens with one attached hydrogen (secondary N) is 3. The number of benzene rings is 1. The number of amides is 2. The molecule has 0 unspecified atom stereocenters. The van der Waals surface area contributed by atoms with Crippen LogP contribution in [0.4, 0.5) is 0 Å². The van der Waals surface area contributed by atoms with Crippen molar-refractivity contribution in [3.05, 3.63) is 57.3 Å². The van der Waals surface area contributed by atoms with E-state index in [0.29, 0.717) is 12.5 Å². The van der Waals surface area contributed by atoms with Gasteiger partial charge in [-0.25, -0.2) is 0 Å². The summed E-state index contributed by atoms with van der Waals surface area (Å²) < 4.78 is 0. The maximum Gasteiger partial charge on any atom is 0.242 e. The highest BCUT2D eigenvalue weighted by molar-refractivity contribution is 7.12. The van der Waals surface area contributed by atoms with Gasteiger partial charge in [0, 0.05) is 28.8 Å². The third-order valence-electron chi connectivity index (χ3n) is 6.02. The molecule has 0 bridgehead atoms. The van der Waals surface area contributed by atoms with Crippen LogP contribution in [0.25, 0.3) is 0 Å². The van der Waals surface area contributed by atoms with Gasteiger partial charge < -0.3 is 16.0 Å². The van der Waals surface area contributed by atoms with Gasteiger partial charge in [-0.3, -0.25) is 9.59 Å². The highest BCUT2D eigenvalue weighted by atomic mass is 32.1. The van der Waals surface area contributed by atoms with Gasteiger partial charge in [-0.2, -0.15) is 0 Å². The van der Waals surface area contributed by atoms with Crippen LogP contribution in [0.1, 0.15) is 47.1 Å². The van der Waals surface area contributed by atoms with E-state index in [0.717, 1.165) is 38.8 Å². The van der Waals surface area contributed by atoms with E-state index < -0.39 is 6.04 Å². The first kappa shape index (κ1) is 20.1. The van der Waals surface area contributed by atoms with Crippen molar-refractivity contribution in [2.75, 3.05) is 0 Å². The van der Waals surface area contributed by atoms with Gasteiger partial charge in [0.1, 0.15) is 6.04 Å². The van der Waals surface area contributed by atoms with Crippen LogP contribution in [-0.4, -0.2) is 17.9 Å². The van der Waals surface area contributed by atoms with Gasteiger partial charge in [-0.05, 0) is 55.7 Å². The summed E-state index contributed by atoms with van der Waals surface area (Å²) in [6, 6.07) is 12.1. The molecule has 1 aliphatic heterocycles. The Hall–Kier alpha value is -2.18. The first-order chi connectivity index (χ1) is 14.1. The third kappa shape index (κ3) is 5.06. The van der Waals surface area contributed by atoms with E-state index in [4.69, 9.17) is 0 Å². The number of carbonyl (C=O) groups excluding carboxylic acids is 2. The topological polar surface area (TPSA) is 70.2 Å². The number of fused-ring (bicyclic) bond motifs is 1. The molecule has 1 saturated carbocycles. The molecule has 154 valence electrons. The van der Waals surface area contributed by atoms with Gasteiger partial charge in [-0.1, -0.05) is 30.3 Å². The summed E-state index contributed by atoms with van der Waals surface area (Å²) in [5, 5.41) is 9.20. The first-order valence-electron chi connectivity index (χ1n) is 10.5. The molecule has 5 nitrogen and oxygen atoms in total. The van der Waals surface area contributed by atoms with Gasteiger partial charge in [0.25, 0.3) is 0 Å². The van der Waals surface area contributed by atoms with Crippen molar-refractivity contribution in [2.24, 2.45) is 11.8 Å². The number of rotatable bonds is 7. The molecule has 6 heteroatoms.